The minimum absolute atomic E-state index is 0.147. The van der Waals surface area contributed by atoms with E-state index in [0.717, 1.165) is 5.01 Å². The van der Waals surface area contributed by atoms with Crippen LogP contribution in [0.2, 0.25) is 0 Å². The zero-order valence-corrected chi connectivity index (χ0v) is 13.0. The Labute approximate surface area is 127 Å². The highest BCUT2D eigenvalue weighted by molar-refractivity contribution is 7.93. The molecule has 2 aromatic rings. The molecule has 6 nitrogen and oxygen atoms in total. The summed E-state index contributed by atoms with van der Waals surface area (Å²) < 4.78 is 26.8. The highest BCUT2D eigenvalue weighted by Gasteiger charge is 2.16. The van der Waals surface area contributed by atoms with Gasteiger partial charge in [0.05, 0.1) is 11.4 Å². The van der Waals surface area contributed by atoms with Gasteiger partial charge in [-0.25, -0.2) is 8.42 Å². The second-order valence-corrected chi connectivity index (χ2v) is 6.73. The minimum Gasteiger partial charge on any atom is -0.320 e. The van der Waals surface area contributed by atoms with Gasteiger partial charge in [-0.1, -0.05) is 30.1 Å². The van der Waals surface area contributed by atoms with E-state index in [1.165, 1.54) is 23.5 Å². The number of benzene rings is 1. The average Bonchev–Trinajstić information content (AvgIpc) is 2.92. The summed E-state index contributed by atoms with van der Waals surface area (Å²) in [5.74, 6) is 5.54. The van der Waals surface area contributed by atoms with Gasteiger partial charge >= 0.3 is 0 Å². The molecule has 0 saturated carbocycles. The minimum atomic E-state index is -3.66. The third-order valence-corrected chi connectivity index (χ3v) is 4.96. The van der Waals surface area contributed by atoms with Gasteiger partial charge in [-0.2, -0.15) is 0 Å². The molecule has 1 aromatic carbocycles. The zero-order valence-electron chi connectivity index (χ0n) is 11.3. The van der Waals surface area contributed by atoms with Gasteiger partial charge in [0.2, 0.25) is 5.13 Å². The van der Waals surface area contributed by atoms with Crippen molar-refractivity contribution in [1.82, 2.24) is 10.2 Å². The van der Waals surface area contributed by atoms with E-state index in [2.05, 4.69) is 26.8 Å². The second kappa shape index (κ2) is 6.67. The number of hydrogen-bond donors (Lipinski definition) is 2. The van der Waals surface area contributed by atoms with Crippen molar-refractivity contribution in [3.05, 3.63) is 34.8 Å². The molecule has 0 aliphatic heterocycles. The predicted octanol–water partition coefficient (Wildman–Crippen LogP) is 1.21. The molecule has 0 aliphatic carbocycles. The van der Waals surface area contributed by atoms with Crippen molar-refractivity contribution in [2.24, 2.45) is 5.73 Å². The Morgan fingerprint density at radius 1 is 1.29 bits per heavy atom. The van der Waals surface area contributed by atoms with Gasteiger partial charge in [0.1, 0.15) is 5.01 Å². The van der Waals surface area contributed by atoms with Crippen LogP contribution in [-0.4, -0.2) is 25.2 Å². The third kappa shape index (κ3) is 4.01. The van der Waals surface area contributed by atoms with E-state index in [-0.39, 0.29) is 16.6 Å². The number of aromatic nitrogens is 2. The number of aryl methyl sites for hydroxylation is 1. The normalized spacial score (nSPS) is 10.8. The molecule has 3 N–H and O–H groups in total. The fraction of sp³-hybridized carbons (Fsp3) is 0.231. The van der Waals surface area contributed by atoms with Crippen LogP contribution in [0.4, 0.5) is 5.13 Å². The molecule has 0 fully saturated rings. The number of nitrogens with zero attached hydrogens (tertiary/aromatic N) is 2. The molecule has 1 aromatic heterocycles. The largest absolute Gasteiger partial charge is 0.320 e. The fourth-order valence-corrected chi connectivity index (χ4v) is 3.39. The molecule has 0 amide bonds. The number of sulfonamides is 1. The Kier molecular flexibility index (Phi) is 4.90. The summed E-state index contributed by atoms with van der Waals surface area (Å²) in [5.41, 5.74) is 6.00. The monoisotopic (exact) mass is 322 g/mol. The van der Waals surface area contributed by atoms with Crippen LogP contribution in [0.1, 0.15) is 17.5 Å². The SMILES string of the molecule is CCc1nnc(NS(=O)(=O)c2ccc(C#CCN)cc2)s1. The molecule has 0 aliphatic rings. The zero-order chi connectivity index (χ0) is 15.3. The lowest BCUT2D eigenvalue weighted by Crippen LogP contribution is -2.12. The van der Waals surface area contributed by atoms with E-state index < -0.39 is 10.0 Å². The predicted molar refractivity (Wildman–Crippen MR) is 82.5 cm³/mol. The molecular weight excluding hydrogens is 308 g/mol. The molecule has 0 bridgehead atoms. The highest BCUT2D eigenvalue weighted by atomic mass is 32.2. The van der Waals surface area contributed by atoms with Crippen LogP contribution in [0.25, 0.3) is 0 Å². The second-order valence-electron chi connectivity index (χ2n) is 3.99. The van der Waals surface area contributed by atoms with Crippen LogP contribution >= 0.6 is 11.3 Å². The molecule has 21 heavy (non-hydrogen) atoms. The summed E-state index contributed by atoms with van der Waals surface area (Å²) in [7, 11) is -3.66. The lowest BCUT2D eigenvalue weighted by molar-refractivity contribution is 0.601. The summed E-state index contributed by atoms with van der Waals surface area (Å²) in [5, 5.41) is 8.71. The van der Waals surface area contributed by atoms with Gasteiger partial charge < -0.3 is 5.73 Å². The maximum absolute atomic E-state index is 12.2. The number of anilines is 1. The van der Waals surface area contributed by atoms with Crippen molar-refractivity contribution in [2.45, 2.75) is 18.2 Å². The van der Waals surface area contributed by atoms with Gasteiger partial charge in [-0.05, 0) is 30.7 Å². The van der Waals surface area contributed by atoms with Gasteiger partial charge in [-0.3, -0.25) is 4.72 Å². The third-order valence-electron chi connectivity index (χ3n) is 2.49. The molecule has 0 radical (unpaired) electrons. The molecular formula is C13H14N4O2S2. The van der Waals surface area contributed by atoms with Crippen molar-refractivity contribution in [2.75, 3.05) is 11.3 Å². The Hall–Kier alpha value is -1.95. The molecule has 2 rings (SSSR count). The van der Waals surface area contributed by atoms with E-state index in [9.17, 15) is 8.42 Å². The van der Waals surface area contributed by atoms with Crippen LogP contribution < -0.4 is 10.5 Å². The highest BCUT2D eigenvalue weighted by Crippen LogP contribution is 2.20. The van der Waals surface area contributed by atoms with Gasteiger partial charge in [-0.15, -0.1) is 10.2 Å². The van der Waals surface area contributed by atoms with Crippen molar-refractivity contribution >= 4 is 26.5 Å². The summed E-state index contributed by atoms with van der Waals surface area (Å²) in [4.78, 5) is 0.147. The van der Waals surface area contributed by atoms with Crippen LogP contribution in [0, 0.1) is 11.8 Å². The molecule has 110 valence electrons. The summed E-state index contributed by atoms with van der Waals surface area (Å²) in [6, 6.07) is 6.25. The van der Waals surface area contributed by atoms with E-state index in [0.29, 0.717) is 12.0 Å². The lowest BCUT2D eigenvalue weighted by atomic mass is 10.2. The number of nitrogens with two attached hydrogens (primary N) is 1. The molecule has 1 heterocycles. The summed E-state index contributed by atoms with van der Waals surface area (Å²) >= 11 is 1.22. The Morgan fingerprint density at radius 2 is 2.00 bits per heavy atom. The molecule has 0 atom stereocenters. The maximum atomic E-state index is 12.2. The summed E-state index contributed by atoms with van der Waals surface area (Å²) in [6.07, 6.45) is 0.716. The Morgan fingerprint density at radius 3 is 2.57 bits per heavy atom. The van der Waals surface area contributed by atoms with E-state index in [1.807, 2.05) is 6.92 Å². The van der Waals surface area contributed by atoms with E-state index >= 15 is 0 Å². The smallest absolute Gasteiger partial charge is 0.263 e. The first-order valence-electron chi connectivity index (χ1n) is 6.19. The first-order valence-corrected chi connectivity index (χ1v) is 8.49. The van der Waals surface area contributed by atoms with Gasteiger partial charge in [0.15, 0.2) is 0 Å². The van der Waals surface area contributed by atoms with Crippen molar-refractivity contribution < 1.29 is 8.42 Å². The van der Waals surface area contributed by atoms with Crippen LogP contribution in [0.3, 0.4) is 0 Å². The topological polar surface area (TPSA) is 98.0 Å². The van der Waals surface area contributed by atoms with Gasteiger partial charge in [0, 0.05) is 5.56 Å². The van der Waals surface area contributed by atoms with E-state index in [1.54, 1.807) is 12.1 Å². The standard InChI is InChI=1S/C13H14N4O2S2/c1-2-12-15-16-13(20-12)17-21(18,19)11-7-5-10(6-8-11)4-3-9-14/h5-8H,2,9,14H2,1H3,(H,16,17). The van der Waals surface area contributed by atoms with Crippen LogP contribution in [-0.2, 0) is 16.4 Å². The Balaban J connectivity index is 2.19. The first kappa shape index (κ1) is 15.4. The first-order chi connectivity index (χ1) is 10.0. The van der Waals surface area contributed by atoms with Crippen molar-refractivity contribution in [3.8, 4) is 11.8 Å². The number of hydrogen-bond acceptors (Lipinski definition) is 6. The number of nitrogens with one attached hydrogen (secondary N) is 1. The quantitative estimate of drug-likeness (QED) is 0.825. The molecule has 0 spiro atoms. The van der Waals surface area contributed by atoms with E-state index in [4.69, 9.17) is 5.73 Å². The number of rotatable bonds is 4. The van der Waals surface area contributed by atoms with Crippen molar-refractivity contribution in [1.29, 1.82) is 0 Å². The van der Waals surface area contributed by atoms with Crippen LogP contribution in [0.5, 0.6) is 0 Å². The average molecular weight is 322 g/mol. The molecule has 8 heteroatoms. The lowest BCUT2D eigenvalue weighted by Gasteiger charge is -2.04. The fourth-order valence-electron chi connectivity index (χ4n) is 1.48. The molecule has 0 unspecified atom stereocenters. The summed E-state index contributed by atoms with van der Waals surface area (Å²) in [6.45, 7) is 2.19. The maximum Gasteiger partial charge on any atom is 0.263 e. The van der Waals surface area contributed by atoms with Crippen molar-refractivity contribution in [3.63, 3.8) is 0 Å². The molecule has 0 saturated heterocycles. The van der Waals surface area contributed by atoms with Gasteiger partial charge in [0.25, 0.3) is 10.0 Å². The Bertz CT molecular complexity index is 770. The van der Waals surface area contributed by atoms with Crippen LogP contribution in [0.15, 0.2) is 29.2 Å².